The number of nitrogens with zero attached hydrogens (tertiary/aromatic N) is 3. The van der Waals surface area contributed by atoms with Crippen LogP contribution in [0.3, 0.4) is 0 Å². The van der Waals surface area contributed by atoms with E-state index in [0.717, 1.165) is 0 Å². The van der Waals surface area contributed by atoms with E-state index >= 15 is 0 Å². The molecule has 0 aliphatic carbocycles. The second kappa shape index (κ2) is 5.21. The van der Waals surface area contributed by atoms with Crippen molar-refractivity contribution in [2.24, 2.45) is 0 Å². The Morgan fingerprint density at radius 3 is 2.65 bits per heavy atom. The van der Waals surface area contributed by atoms with Crippen molar-refractivity contribution in [3.8, 4) is 12.3 Å². The van der Waals surface area contributed by atoms with E-state index in [9.17, 15) is 8.42 Å². The largest absolute Gasteiger partial charge is 0.381 e. The molecule has 0 aliphatic rings. The Balaban J connectivity index is 3.20. The van der Waals surface area contributed by atoms with Crippen LogP contribution in [0.1, 0.15) is 13.8 Å². The van der Waals surface area contributed by atoms with Crippen LogP contribution in [0.4, 0.5) is 5.82 Å². The molecule has 0 bridgehead atoms. The molecule has 0 saturated carbocycles. The number of rotatable bonds is 5. The van der Waals surface area contributed by atoms with Gasteiger partial charge in [-0.15, -0.1) is 6.42 Å². The number of nitrogen functional groups attached to an aromatic ring is 1. The average molecular weight is 256 g/mol. The van der Waals surface area contributed by atoms with Gasteiger partial charge in [0, 0.05) is 19.3 Å². The molecule has 94 valence electrons. The van der Waals surface area contributed by atoms with Gasteiger partial charge in [0.15, 0.2) is 5.82 Å². The smallest absolute Gasteiger partial charge is 0.249 e. The van der Waals surface area contributed by atoms with E-state index in [2.05, 4.69) is 11.0 Å². The quantitative estimate of drug-likeness (QED) is 0.759. The van der Waals surface area contributed by atoms with E-state index in [1.165, 1.54) is 15.2 Å². The van der Waals surface area contributed by atoms with Crippen LogP contribution in [-0.2, 0) is 16.6 Å². The van der Waals surface area contributed by atoms with E-state index in [4.69, 9.17) is 12.2 Å². The minimum absolute atomic E-state index is 0.00215. The van der Waals surface area contributed by atoms with Gasteiger partial charge in [0.1, 0.15) is 4.90 Å². The van der Waals surface area contributed by atoms with Gasteiger partial charge in [0.2, 0.25) is 10.0 Å². The van der Waals surface area contributed by atoms with E-state index in [1.54, 1.807) is 6.92 Å². The SMILES string of the molecule is C#CCN(CC)S(=O)(=O)c1cn(CC)nc1N. The number of aryl methyl sites for hydroxylation is 1. The van der Waals surface area contributed by atoms with Crippen LogP contribution < -0.4 is 5.73 Å². The molecule has 0 aliphatic heterocycles. The highest BCUT2D eigenvalue weighted by Gasteiger charge is 2.27. The second-order valence-corrected chi connectivity index (χ2v) is 5.28. The zero-order valence-corrected chi connectivity index (χ0v) is 10.7. The standard InChI is InChI=1S/C10H16N4O2S/c1-4-7-14(6-3)17(15,16)9-8-13(5-2)12-10(9)11/h1,8H,5-7H2,2-3H3,(H2,11,12). The zero-order chi connectivity index (χ0) is 13.1. The molecule has 6 nitrogen and oxygen atoms in total. The first-order valence-electron chi connectivity index (χ1n) is 5.23. The summed E-state index contributed by atoms with van der Waals surface area (Å²) in [5.74, 6) is 2.32. The van der Waals surface area contributed by atoms with Crippen molar-refractivity contribution < 1.29 is 8.42 Å². The van der Waals surface area contributed by atoms with Gasteiger partial charge in [0.25, 0.3) is 0 Å². The van der Waals surface area contributed by atoms with E-state index < -0.39 is 10.0 Å². The van der Waals surface area contributed by atoms with Crippen molar-refractivity contribution in [1.29, 1.82) is 0 Å². The molecule has 0 fully saturated rings. The summed E-state index contributed by atoms with van der Waals surface area (Å²) in [5, 5.41) is 3.91. The minimum atomic E-state index is -3.65. The van der Waals surface area contributed by atoms with E-state index in [-0.39, 0.29) is 17.3 Å². The Morgan fingerprint density at radius 2 is 2.24 bits per heavy atom. The Kier molecular flexibility index (Phi) is 4.15. The molecule has 1 heterocycles. The van der Waals surface area contributed by atoms with Crippen LogP contribution >= 0.6 is 0 Å². The summed E-state index contributed by atoms with van der Waals surface area (Å²) < 4.78 is 27.1. The highest BCUT2D eigenvalue weighted by molar-refractivity contribution is 7.89. The maximum atomic E-state index is 12.2. The number of aromatic nitrogens is 2. The van der Waals surface area contributed by atoms with Gasteiger partial charge in [-0.2, -0.15) is 9.40 Å². The highest BCUT2D eigenvalue weighted by atomic mass is 32.2. The molecule has 1 rings (SSSR count). The van der Waals surface area contributed by atoms with Crippen molar-refractivity contribution in [3.63, 3.8) is 0 Å². The van der Waals surface area contributed by atoms with Crippen molar-refractivity contribution >= 4 is 15.8 Å². The molecular weight excluding hydrogens is 240 g/mol. The Morgan fingerprint density at radius 1 is 1.59 bits per heavy atom. The van der Waals surface area contributed by atoms with Crippen LogP contribution in [0.25, 0.3) is 0 Å². The van der Waals surface area contributed by atoms with Crippen molar-refractivity contribution in [2.75, 3.05) is 18.8 Å². The van der Waals surface area contributed by atoms with Gasteiger partial charge in [-0.3, -0.25) is 4.68 Å². The molecule has 1 aromatic heterocycles. The first-order chi connectivity index (χ1) is 7.97. The second-order valence-electron chi connectivity index (χ2n) is 3.37. The number of hydrogen-bond donors (Lipinski definition) is 1. The lowest BCUT2D eigenvalue weighted by Crippen LogP contribution is -2.31. The summed E-state index contributed by atoms with van der Waals surface area (Å²) in [6, 6.07) is 0. The molecule has 7 heteroatoms. The maximum Gasteiger partial charge on any atom is 0.249 e. The topological polar surface area (TPSA) is 81.2 Å². The fraction of sp³-hybridized carbons (Fsp3) is 0.500. The van der Waals surface area contributed by atoms with Crippen LogP contribution in [0.5, 0.6) is 0 Å². The molecule has 0 spiro atoms. The summed E-state index contributed by atoms with van der Waals surface area (Å²) in [6.07, 6.45) is 6.56. The monoisotopic (exact) mass is 256 g/mol. The number of terminal acetylenes is 1. The average Bonchev–Trinajstić information content (AvgIpc) is 2.67. The first kappa shape index (κ1) is 13.5. The molecular formula is C10H16N4O2S. The number of nitrogens with two attached hydrogens (primary N) is 1. The van der Waals surface area contributed by atoms with E-state index in [1.807, 2.05) is 6.92 Å². The fourth-order valence-corrected chi connectivity index (χ4v) is 2.81. The molecule has 0 atom stereocenters. The summed E-state index contributed by atoms with van der Waals surface area (Å²) >= 11 is 0. The van der Waals surface area contributed by atoms with Gasteiger partial charge < -0.3 is 5.73 Å². The first-order valence-corrected chi connectivity index (χ1v) is 6.67. The molecule has 17 heavy (non-hydrogen) atoms. The van der Waals surface area contributed by atoms with Crippen molar-refractivity contribution in [2.45, 2.75) is 25.3 Å². The van der Waals surface area contributed by atoms with Crippen LogP contribution in [0, 0.1) is 12.3 Å². The number of hydrogen-bond acceptors (Lipinski definition) is 4. The fourth-order valence-electron chi connectivity index (χ4n) is 1.39. The molecule has 0 radical (unpaired) electrons. The maximum absolute atomic E-state index is 12.2. The third-order valence-corrected chi connectivity index (χ3v) is 4.25. The third kappa shape index (κ3) is 2.60. The lowest BCUT2D eigenvalue weighted by molar-refractivity contribution is 0.464. The molecule has 1 aromatic rings. The number of anilines is 1. The lowest BCUT2D eigenvalue weighted by atomic mass is 10.6. The Bertz CT molecular complexity index is 527. The molecule has 0 aromatic carbocycles. The summed E-state index contributed by atoms with van der Waals surface area (Å²) in [7, 11) is -3.65. The van der Waals surface area contributed by atoms with Crippen LogP contribution in [0.2, 0.25) is 0 Å². The van der Waals surface area contributed by atoms with Gasteiger partial charge in [0.05, 0.1) is 6.54 Å². The number of sulfonamides is 1. The predicted octanol–water partition coefficient (Wildman–Crippen LogP) is 0.129. The van der Waals surface area contributed by atoms with Crippen LogP contribution in [-0.4, -0.2) is 35.6 Å². The van der Waals surface area contributed by atoms with Crippen molar-refractivity contribution in [1.82, 2.24) is 14.1 Å². The minimum Gasteiger partial charge on any atom is -0.381 e. The van der Waals surface area contributed by atoms with Crippen molar-refractivity contribution in [3.05, 3.63) is 6.20 Å². The van der Waals surface area contributed by atoms with Gasteiger partial charge in [-0.05, 0) is 6.92 Å². The van der Waals surface area contributed by atoms with Gasteiger partial charge in [-0.1, -0.05) is 12.8 Å². The van der Waals surface area contributed by atoms with Gasteiger partial charge >= 0.3 is 0 Å². The zero-order valence-electron chi connectivity index (χ0n) is 9.92. The molecule has 0 unspecified atom stereocenters. The Labute approximate surface area is 101 Å². The highest BCUT2D eigenvalue weighted by Crippen LogP contribution is 2.20. The molecule has 0 saturated heterocycles. The normalized spacial score (nSPS) is 11.6. The predicted molar refractivity (Wildman–Crippen MR) is 65.6 cm³/mol. The third-order valence-electron chi connectivity index (χ3n) is 2.32. The molecule has 0 amide bonds. The Hall–Kier alpha value is -1.52. The molecule has 2 N–H and O–H groups in total. The van der Waals surface area contributed by atoms with Gasteiger partial charge in [-0.25, -0.2) is 8.42 Å². The summed E-state index contributed by atoms with van der Waals surface area (Å²) in [6.45, 7) is 4.44. The van der Waals surface area contributed by atoms with E-state index in [0.29, 0.717) is 13.1 Å². The summed E-state index contributed by atoms with van der Waals surface area (Å²) in [5.41, 5.74) is 5.60. The summed E-state index contributed by atoms with van der Waals surface area (Å²) in [4.78, 5) is 0.0106. The van der Waals surface area contributed by atoms with Crippen LogP contribution in [0.15, 0.2) is 11.1 Å². The lowest BCUT2D eigenvalue weighted by Gasteiger charge is -2.16.